The molecule has 0 bridgehead atoms. The summed E-state index contributed by atoms with van der Waals surface area (Å²) in [6.45, 7) is 1.97. The number of aryl methyl sites for hydroxylation is 1. The Kier molecular flexibility index (Phi) is 2.37. The summed E-state index contributed by atoms with van der Waals surface area (Å²) >= 11 is 1.55. The average molecular weight is 204 g/mol. The van der Waals surface area contributed by atoms with E-state index in [-0.39, 0.29) is 11.6 Å². The minimum atomic E-state index is -0.116. The van der Waals surface area contributed by atoms with Gasteiger partial charge in [0.2, 0.25) is 11.6 Å². The van der Waals surface area contributed by atoms with Crippen LogP contribution in [0.3, 0.4) is 0 Å². The number of carbonyl (C=O) groups excluding carboxylic acids is 1. The Labute approximate surface area is 85.5 Å². The van der Waals surface area contributed by atoms with Crippen molar-refractivity contribution in [1.82, 2.24) is 9.97 Å². The van der Waals surface area contributed by atoms with Crippen molar-refractivity contribution in [3.05, 3.63) is 46.2 Å². The molecule has 3 nitrogen and oxygen atoms in total. The molecule has 0 atom stereocenters. The van der Waals surface area contributed by atoms with Gasteiger partial charge in [-0.25, -0.2) is 9.97 Å². The Morgan fingerprint density at radius 1 is 1.36 bits per heavy atom. The zero-order chi connectivity index (χ0) is 9.97. The lowest BCUT2D eigenvalue weighted by atomic mass is 10.2. The van der Waals surface area contributed by atoms with Gasteiger partial charge in [0, 0.05) is 28.2 Å². The van der Waals surface area contributed by atoms with E-state index in [0.717, 1.165) is 4.88 Å². The lowest BCUT2D eigenvalue weighted by Gasteiger charge is -1.93. The van der Waals surface area contributed by atoms with E-state index < -0.39 is 0 Å². The number of rotatable bonds is 2. The molecule has 0 N–H and O–H groups in total. The van der Waals surface area contributed by atoms with E-state index in [9.17, 15) is 4.79 Å². The lowest BCUT2D eigenvalue weighted by molar-refractivity contribution is 0.102. The third-order valence-electron chi connectivity index (χ3n) is 1.76. The molecule has 0 saturated heterocycles. The van der Waals surface area contributed by atoms with Crippen LogP contribution in [0.4, 0.5) is 0 Å². The Bertz CT molecular complexity index is 450. The number of hydrogen-bond acceptors (Lipinski definition) is 4. The highest BCUT2D eigenvalue weighted by atomic mass is 32.1. The van der Waals surface area contributed by atoms with Crippen LogP contribution in [0.1, 0.15) is 21.1 Å². The summed E-state index contributed by atoms with van der Waals surface area (Å²) in [5, 5.41) is 1.83. The number of nitrogens with zero attached hydrogens (tertiary/aromatic N) is 2. The summed E-state index contributed by atoms with van der Waals surface area (Å²) in [4.78, 5) is 20.7. The van der Waals surface area contributed by atoms with E-state index in [2.05, 4.69) is 9.97 Å². The summed E-state index contributed by atoms with van der Waals surface area (Å²) in [6, 6.07) is 3.54. The van der Waals surface area contributed by atoms with Crippen molar-refractivity contribution >= 4 is 17.1 Å². The van der Waals surface area contributed by atoms with Gasteiger partial charge in [0.25, 0.3) is 0 Å². The first kappa shape index (κ1) is 9.02. The number of hydrogen-bond donors (Lipinski definition) is 0. The summed E-state index contributed by atoms with van der Waals surface area (Å²) in [6.07, 6.45) is 3.14. The second-order valence-electron chi connectivity index (χ2n) is 2.85. The molecule has 0 aromatic carbocycles. The van der Waals surface area contributed by atoms with E-state index in [0.29, 0.717) is 5.56 Å². The van der Waals surface area contributed by atoms with E-state index in [1.54, 1.807) is 29.8 Å². The first-order valence-corrected chi connectivity index (χ1v) is 5.02. The van der Waals surface area contributed by atoms with Crippen LogP contribution in [0.5, 0.6) is 0 Å². The molecule has 0 saturated carbocycles. The Morgan fingerprint density at radius 2 is 2.07 bits per heavy atom. The van der Waals surface area contributed by atoms with Crippen LogP contribution < -0.4 is 0 Å². The highest BCUT2D eigenvalue weighted by Gasteiger charge is 2.12. The summed E-state index contributed by atoms with van der Waals surface area (Å²) in [7, 11) is 0. The second-order valence-corrected chi connectivity index (χ2v) is 3.96. The minimum Gasteiger partial charge on any atom is -0.285 e. The topological polar surface area (TPSA) is 42.9 Å². The summed E-state index contributed by atoms with van der Waals surface area (Å²) < 4.78 is 0. The van der Waals surface area contributed by atoms with Gasteiger partial charge >= 0.3 is 0 Å². The molecule has 14 heavy (non-hydrogen) atoms. The number of aromatic nitrogens is 2. The molecule has 0 fully saturated rings. The zero-order valence-corrected chi connectivity index (χ0v) is 8.41. The Morgan fingerprint density at radius 3 is 2.64 bits per heavy atom. The highest BCUT2D eigenvalue weighted by molar-refractivity contribution is 7.10. The Hall–Kier alpha value is -1.55. The minimum absolute atomic E-state index is 0.116. The molecule has 0 aliphatic rings. The first-order valence-electron chi connectivity index (χ1n) is 4.14. The average Bonchev–Trinajstić information content (AvgIpc) is 2.65. The molecule has 4 heteroatoms. The maximum atomic E-state index is 11.7. The standard InChI is InChI=1S/C10H8N2OS/c1-7-5-8(6-14-7)9(13)10-11-3-2-4-12-10/h2-6H,1H3. The van der Waals surface area contributed by atoms with Crippen molar-refractivity contribution in [2.24, 2.45) is 0 Å². The fourth-order valence-electron chi connectivity index (χ4n) is 1.11. The third kappa shape index (κ3) is 1.70. The van der Waals surface area contributed by atoms with Crippen LogP contribution in [-0.2, 0) is 0 Å². The molecule has 2 aromatic heterocycles. The summed E-state index contributed by atoms with van der Waals surface area (Å²) in [5.74, 6) is 0.139. The molecule has 0 aliphatic carbocycles. The molecule has 0 amide bonds. The van der Waals surface area contributed by atoms with Gasteiger partial charge in [-0.05, 0) is 19.1 Å². The van der Waals surface area contributed by atoms with Crippen molar-refractivity contribution in [2.45, 2.75) is 6.92 Å². The smallest absolute Gasteiger partial charge is 0.231 e. The number of ketones is 1. The van der Waals surface area contributed by atoms with E-state index >= 15 is 0 Å². The lowest BCUT2D eigenvalue weighted by Crippen LogP contribution is -2.04. The molecule has 2 rings (SSSR count). The molecular weight excluding hydrogens is 196 g/mol. The summed E-state index contributed by atoms with van der Waals surface area (Å²) in [5.41, 5.74) is 0.665. The first-order chi connectivity index (χ1) is 6.77. The SMILES string of the molecule is Cc1cc(C(=O)c2ncccn2)cs1. The molecule has 2 heterocycles. The predicted molar refractivity (Wildman–Crippen MR) is 54.5 cm³/mol. The van der Waals surface area contributed by atoms with Crippen molar-refractivity contribution in [3.63, 3.8) is 0 Å². The van der Waals surface area contributed by atoms with Crippen molar-refractivity contribution in [3.8, 4) is 0 Å². The fourth-order valence-corrected chi connectivity index (χ4v) is 1.79. The van der Waals surface area contributed by atoms with Crippen LogP contribution >= 0.6 is 11.3 Å². The largest absolute Gasteiger partial charge is 0.285 e. The molecule has 2 aromatic rings. The highest BCUT2D eigenvalue weighted by Crippen LogP contribution is 2.15. The van der Waals surface area contributed by atoms with E-state index in [1.165, 1.54) is 0 Å². The monoisotopic (exact) mass is 204 g/mol. The van der Waals surface area contributed by atoms with Crippen molar-refractivity contribution in [2.75, 3.05) is 0 Å². The molecular formula is C10H8N2OS. The van der Waals surface area contributed by atoms with Gasteiger partial charge in [0.05, 0.1) is 0 Å². The number of carbonyl (C=O) groups is 1. The van der Waals surface area contributed by atoms with Crippen molar-refractivity contribution < 1.29 is 4.79 Å². The molecule has 0 radical (unpaired) electrons. The van der Waals surface area contributed by atoms with E-state index in [1.807, 2.05) is 18.4 Å². The van der Waals surface area contributed by atoms with Gasteiger partial charge in [-0.3, -0.25) is 4.79 Å². The van der Waals surface area contributed by atoms with Crippen LogP contribution in [0.2, 0.25) is 0 Å². The zero-order valence-electron chi connectivity index (χ0n) is 7.60. The van der Waals surface area contributed by atoms with Gasteiger partial charge in [0.1, 0.15) is 0 Å². The van der Waals surface area contributed by atoms with Gasteiger partial charge in [0.15, 0.2) is 0 Å². The van der Waals surface area contributed by atoms with Crippen LogP contribution in [-0.4, -0.2) is 15.8 Å². The molecule has 70 valence electrons. The third-order valence-corrected chi connectivity index (χ3v) is 2.62. The molecule has 0 aliphatic heterocycles. The van der Waals surface area contributed by atoms with Gasteiger partial charge in [-0.1, -0.05) is 0 Å². The maximum absolute atomic E-state index is 11.7. The van der Waals surface area contributed by atoms with Gasteiger partial charge in [-0.15, -0.1) is 11.3 Å². The molecule has 0 spiro atoms. The van der Waals surface area contributed by atoms with E-state index in [4.69, 9.17) is 0 Å². The fraction of sp³-hybridized carbons (Fsp3) is 0.100. The van der Waals surface area contributed by atoms with Crippen LogP contribution in [0.15, 0.2) is 29.9 Å². The van der Waals surface area contributed by atoms with Gasteiger partial charge < -0.3 is 0 Å². The Balaban J connectivity index is 2.34. The predicted octanol–water partition coefficient (Wildman–Crippen LogP) is 2.08. The quantitative estimate of drug-likeness (QED) is 0.703. The van der Waals surface area contributed by atoms with Crippen molar-refractivity contribution in [1.29, 1.82) is 0 Å². The number of thiophene rings is 1. The van der Waals surface area contributed by atoms with Crippen LogP contribution in [0, 0.1) is 6.92 Å². The molecule has 0 unspecified atom stereocenters. The maximum Gasteiger partial charge on any atom is 0.231 e. The van der Waals surface area contributed by atoms with Gasteiger partial charge in [-0.2, -0.15) is 0 Å². The second kappa shape index (κ2) is 3.67. The van der Waals surface area contributed by atoms with Crippen LogP contribution in [0.25, 0.3) is 0 Å². The normalized spacial score (nSPS) is 10.1.